The number of Topliss-reactive ketones (excluding diaryl/α,β-unsaturated/α-hetero) is 1. The van der Waals surface area contributed by atoms with Crippen LogP contribution < -0.4 is 0 Å². The van der Waals surface area contributed by atoms with Crippen LogP contribution in [0.3, 0.4) is 0 Å². The summed E-state index contributed by atoms with van der Waals surface area (Å²) in [6, 6.07) is 13.0. The molecule has 1 saturated carbocycles. The fourth-order valence-corrected chi connectivity index (χ4v) is 7.11. The quantitative estimate of drug-likeness (QED) is 0.296. The van der Waals surface area contributed by atoms with E-state index in [0.717, 1.165) is 73.9 Å². The number of pyridine rings is 1. The summed E-state index contributed by atoms with van der Waals surface area (Å²) in [6.45, 7) is 4.27. The van der Waals surface area contributed by atoms with E-state index in [1.165, 1.54) is 6.07 Å². The third-order valence-electron chi connectivity index (χ3n) is 9.12. The van der Waals surface area contributed by atoms with Crippen LogP contribution in [0.1, 0.15) is 88.1 Å². The molecule has 0 N–H and O–H groups in total. The van der Waals surface area contributed by atoms with Gasteiger partial charge in [-0.25, -0.2) is 14.4 Å². The monoisotopic (exact) mass is 534 g/mol. The molecule has 2 heterocycles. The van der Waals surface area contributed by atoms with Gasteiger partial charge in [0.15, 0.2) is 11.6 Å². The molecule has 0 bridgehead atoms. The maximum Gasteiger partial charge on any atom is 0.176 e. The second-order valence-electron chi connectivity index (χ2n) is 11.7. The summed E-state index contributed by atoms with van der Waals surface area (Å²) < 4.78 is 15.3. The molecule has 5 nitrogen and oxygen atoms in total. The highest BCUT2D eigenvalue weighted by Gasteiger charge is 2.53. The Morgan fingerprint density at radius 3 is 2.65 bits per heavy atom. The lowest BCUT2D eigenvalue weighted by molar-refractivity contribution is -0.123. The SMILES string of the molecule is CCCC[C@H]1C(=O)C(C#N)=C[C@@]2(CCC)c3nc(-c4ccnc(C5CC5)c4)nc(-c4ccccc4F)c3CC[C@H]12. The molecular weight excluding hydrogens is 499 g/mol. The largest absolute Gasteiger partial charge is 0.293 e. The van der Waals surface area contributed by atoms with Crippen LogP contribution in [0.25, 0.3) is 22.6 Å². The number of carbonyl (C=O) groups is 1. The average Bonchev–Trinajstić information content (AvgIpc) is 3.83. The second-order valence-corrected chi connectivity index (χ2v) is 11.7. The van der Waals surface area contributed by atoms with Crippen molar-refractivity contribution in [3.05, 3.63) is 77.0 Å². The van der Waals surface area contributed by atoms with Gasteiger partial charge >= 0.3 is 0 Å². The van der Waals surface area contributed by atoms with E-state index in [9.17, 15) is 10.1 Å². The van der Waals surface area contributed by atoms with E-state index in [1.807, 2.05) is 24.4 Å². The van der Waals surface area contributed by atoms with E-state index in [4.69, 9.17) is 9.97 Å². The normalized spacial score (nSPS) is 23.6. The lowest BCUT2D eigenvalue weighted by Gasteiger charge is -2.49. The van der Waals surface area contributed by atoms with E-state index in [1.54, 1.807) is 12.1 Å². The van der Waals surface area contributed by atoms with Crippen molar-refractivity contribution in [1.82, 2.24) is 15.0 Å². The molecule has 1 aromatic carbocycles. The Kier molecular flexibility index (Phi) is 7.08. The number of unbranched alkanes of at least 4 members (excludes halogenated alkanes) is 1. The highest BCUT2D eigenvalue weighted by atomic mass is 19.1. The second kappa shape index (κ2) is 10.7. The predicted molar refractivity (Wildman–Crippen MR) is 153 cm³/mol. The molecule has 6 heteroatoms. The van der Waals surface area contributed by atoms with Gasteiger partial charge in [-0.15, -0.1) is 0 Å². The summed E-state index contributed by atoms with van der Waals surface area (Å²) in [6.07, 6.45) is 11.8. The number of carbonyl (C=O) groups excluding carboxylic acids is 1. The summed E-state index contributed by atoms with van der Waals surface area (Å²) in [4.78, 5) is 28.4. The summed E-state index contributed by atoms with van der Waals surface area (Å²) in [5, 5.41) is 10.1. The standard InChI is InChI=1S/C34H35FN4O/c1-3-5-8-24-27-14-13-26-30(25-9-6-7-10-28(25)35)38-33(22-15-17-37-29(18-22)21-11-12-21)39-32(26)34(27,16-4-2)19-23(20-36)31(24)40/h6-7,9-10,15,17-19,21,24,27H,3-5,8,11-14,16H2,1-2H3/t24-,27-,34-/m1/s1. The molecular formula is C34H35FN4O. The minimum absolute atomic E-state index is 0.0251. The summed E-state index contributed by atoms with van der Waals surface area (Å²) in [5.74, 6) is 0.518. The fourth-order valence-electron chi connectivity index (χ4n) is 7.11. The molecule has 2 aromatic heterocycles. The van der Waals surface area contributed by atoms with Crippen molar-refractivity contribution >= 4 is 5.78 Å². The van der Waals surface area contributed by atoms with Crippen LogP contribution in [-0.2, 0) is 16.6 Å². The first kappa shape index (κ1) is 26.5. The number of nitrogens with zero attached hydrogens (tertiary/aromatic N) is 4. The average molecular weight is 535 g/mol. The van der Waals surface area contributed by atoms with Crippen molar-refractivity contribution in [2.45, 2.75) is 83.0 Å². The number of hydrogen-bond donors (Lipinski definition) is 0. The van der Waals surface area contributed by atoms with E-state index in [-0.39, 0.29) is 29.0 Å². The van der Waals surface area contributed by atoms with Gasteiger partial charge in [0.1, 0.15) is 11.9 Å². The zero-order valence-electron chi connectivity index (χ0n) is 23.3. The molecule has 40 heavy (non-hydrogen) atoms. The van der Waals surface area contributed by atoms with Gasteiger partial charge < -0.3 is 0 Å². The minimum Gasteiger partial charge on any atom is -0.293 e. The molecule has 3 aromatic rings. The number of hydrogen-bond acceptors (Lipinski definition) is 5. The Morgan fingerprint density at radius 2 is 1.93 bits per heavy atom. The molecule has 1 fully saturated rings. The lowest BCUT2D eigenvalue weighted by atomic mass is 9.54. The Balaban J connectivity index is 1.63. The van der Waals surface area contributed by atoms with Crippen LogP contribution in [0, 0.1) is 29.0 Å². The summed E-state index contributed by atoms with van der Waals surface area (Å²) in [7, 11) is 0. The molecule has 204 valence electrons. The van der Waals surface area contributed by atoms with Crippen molar-refractivity contribution in [2.24, 2.45) is 11.8 Å². The third kappa shape index (κ3) is 4.46. The molecule has 0 aliphatic heterocycles. The molecule has 0 saturated heterocycles. The zero-order chi connectivity index (χ0) is 27.9. The molecule has 0 amide bonds. The smallest absolute Gasteiger partial charge is 0.176 e. The molecule has 3 aliphatic carbocycles. The lowest BCUT2D eigenvalue weighted by Crippen LogP contribution is -2.49. The predicted octanol–water partition coefficient (Wildman–Crippen LogP) is 7.66. The van der Waals surface area contributed by atoms with Gasteiger partial charge in [-0.3, -0.25) is 9.78 Å². The Morgan fingerprint density at radius 1 is 1.10 bits per heavy atom. The Hall–Kier alpha value is -3.72. The summed E-state index contributed by atoms with van der Waals surface area (Å²) in [5.41, 5.74) is 4.45. The van der Waals surface area contributed by atoms with E-state index in [0.29, 0.717) is 29.4 Å². The Labute approximate surface area is 235 Å². The van der Waals surface area contributed by atoms with Gasteiger partial charge in [0.25, 0.3) is 0 Å². The van der Waals surface area contributed by atoms with E-state index < -0.39 is 5.41 Å². The van der Waals surface area contributed by atoms with Crippen molar-refractivity contribution in [3.63, 3.8) is 0 Å². The van der Waals surface area contributed by atoms with Crippen LogP contribution in [0.15, 0.2) is 54.2 Å². The third-order valence-corrected chi connectivity index (χ3v) is 9.12. The van der Waals surface area contributed by atoms with Crippen molar-refractivity contribution < 1.29 is 9.18 Å². The maximum absolute atomic E-state index is 15.3. The minimum atomic E-state index is -0.580. The fraction of sp³-hybridized carbons (Fsp3) is 0.441. The van der Waals surface area contributed by atoms with Gasteiger partial charge in [-0.2, -0.15) is 5.26 Å². The van der Waals surface area contributed by atoms with Gasteiger partial charge in [-0.1, -0.05) is 51.3 Å². The Bertz CT molecular complexity index is 1540. The van der Waals surface area contributed by atoms with E-state index in [2.05, 4.69) is 31.0 Å². The topological polar surface area (TPSA) is 79.5 Å². The molecule has 6 rings (SSSR count). The maximum atomic E-state index is 15.3. The molecule has 3 aliphatic rings. The van der Waals surface area contributed by atoms with Gasteiger partial charge in [-0.05, 0) is 68.7 Å². The van der Waals surface area contributed by atoms with Gasteiger partial charge in [0.05, 0.1) is 17.0 Å². The van der Waals surface area contributed by atoms with E-state index >= 15 is 4.39 Å². The highest BCUT2D eigenvalue weighted by Crippen LogP contribution is 2.54. The van der Waals surface area contributed by atoms with Crippen molar-refractivity contribution in [3.8, 4) is 28.7 Å². The number of ketones is 1. The van der Waals surface area contributed by atoms with Crippen LogP contribution in [-0.4, -0.2) is 20.7 Å². The molecule has 0 unspecified atom stereocenters. The number of aromatic nitrogens is 3. The summed E-state index contributed by atoms with van der Waals surface area (Å²) >= 11 is 0. The van der Waals surface area contributed by atoms with Crippen LogP contribution in [0.4, 0.5) is 4.39 Å². The number of halogens is 1. The van der Waals surface area contributed by atoms with Crippen molar-refractivity contribution in [2.75, 3.05) is 0 Å². The first-order valence-electron chi connectivity index (χ1n) is 14.8. The van der Waals surface area contributed by atoms with Crippen molar-refractivity contribution in [1.29, 1.82) is 5.26 Å². The molecule has 0 spiro atoms. The van der Waals surface area contributed by atoms with Crippen LogP contribution in [0.2, 0.25) is 0 Å². The van der Waals surface area contributed by atoms with Crippen LogP contribution in [0.5, 0.6) is 0 Å². The number of allylic oxidation sites excluding steroid dienone is 2. The first-order chi connectivity index (χ1) is 19.5. The number of nitriles is 1. The van der Waals surface area contributed by atoms with Crippen LogP contribution >= 0.6 is 0 Å². The first-order valence-corrected chi connectivity index (χ1v) is 14.8. The number of benzene rings is 1. The highest BCUT2D eigenvalue weighted by molar-refractivity contribution is 6.02. The molecule has 3 atom stereocenters. The zero-order valence-corrected chi connectivity index (χ0v) is 23.3. The number of rotatable bonds is 8. The van der Waals surface area contributed by atoms with Gasteiger partial charge in [0.2, 0.25) is 0 Å². The molecule has 0 radical (unpaired) electrons. The van der Waals surface area contributed by atoms with Gasteiger partial charge in [0, 0.05) is 45.8 Å². The number of fused-ring (bicyclic) bond motifs is 3.